The fourth-order valence-electron chi connectivity index (χ4n) is 3.67. The molecule has 4 aromatic heterocycles. The summed E-state index contributed by atoms with van der Waals surface area (Å²) in [6.07, 6.45) is 2.02. The number of rotatable bonds is 3. The molecule has 1 aliphatic heterocycles. The molecule has 1 atom stereocenters. The average molecular weight is 410 g/mol. The van der Waals surface area contributed by atoms with Crippen molar-refractivity contribution in [1.82, 2.24) is 24.6 Å². The van der Waals surface area contributed by atoms with Gasteiger partial charge in [-0.1, -0.05) is 11.3 Å². The molecule has 4 aromatic rings. The molecule has 5 heterocycles. The second-order valence-corrected chi connectivity index (χ2v) is 8.55. The molecule has 0 spiro atoms. The predicted molar refractivity (Wildman–Crippen MR) is 112 cm³/mol. The van der Waals surface area contributed by atoms with Crippen LogP contribution in [0.15, 0.2) is 52.0 Å². The van der Waals surface area contributed by atoms with E-state index in [1.807, 2.05) is 32.4 Å². The molecular formula is C20H19N5OS2. The lowest BCUT2D eigenvalue weighted by Crippen LogP contribution is -2.49. The predicted octanol–water partition coefficient (Wildman–Crippen LogP) is 3.65. The lowest BCUT2D eigenvalue weighted by Gasteiger charge is -2.38. The van der Waals surface area contributed by atoms with Crippen molar-refractivity contribution in [2.24, 2.45) is 0 Å². The molecule has 0 radical (unpaired) electrons. The van der Waals surface area contributed by atoms with Gasteiger partial charge >= 0.3 is 0 Å². The van der Waals surface area contributed by atoms with Gasteiger partial charge in [-0.2, -0.15) is 22.7 Å². The van der Waals surface area contributed by atoms with Crippen LogP contribution in [0.2, 0.25) is 0 Å². The Hall–Kier alpha value is -2.55. The van der Waals surface area contributed by atoms with Crippen LogP contribution in [-0.4, -0.2) is 57.2 Å². The van der Waals surface area contributed by atoms with Crippen molar-refractivity contribution in [3.63, 3.8) is 0 Å². The van der Waals surface area contributed by atoms with E-state index in [2.05, 4.69) is 51.2 Å². The Bertz CT molecular complexity index is 1100. The molecular weight excluding hydrogens is 390 g/mol. The summed E-state index contributed by atoms with van der Waals surface area (Å²) >= 11 is 3.23. The summed E-state index contributed by atoms with van der Waals surface area (Å²) in [5.74, 6) is 0.0931. The zero-order valence-corrected chi connectivity index (χ0v) is 17.0. The first-order chi connectivity index (χ1) is 13.7. The van der Waals surface area contributed by atoms with Gasteiger partial charge in [-0.05, 0) is 47.0 Å². The van der Waals surface area contributed by atoms with E-state index in [-0.39, 0.29) is 11.9 Å². The number of amides is 1. The largest absolute Gasteiger partial charge is 0.335 e. The molecule has 5 rings (SSSR count). The first-order valence-corrected chi connectivity index (χ1v) is 11.0. The van der Waals surface area contributed by atoms with E-state index in [0.29, 0.717) is 6.54 Å². The number of hydrogen-bond acceptors (Lipinski definition) is 6. The molecule has 1 unspecified atom stereocenters. The highest BCUT2D eigenvalue weighted by Crippen LogP contribution is 2.29. The van der Waals surface area contributed by atoms with Crippen LogP contribution >= 0.6 is 22.7 Å². The maximum atomic E-state index is 12.8. The fourth-order valence-corrected chi connectivity index (χ4v) is 4.97. The van der Waals surface area contributed by atoms with Crippen molar-refractivity contribution >= 4 is 34.1 Å². The molecule has 0 aliphatic carbocycles. The Morgan fingerprint density at radius 2 is 1.93 bits per heavy atom. The number of hydrogen-bond donors (Lipinski definition) is 0. The number of fused-ring (bicyclic) bond motifs is 1. The summed E-state index contributed by atoms with van der Waals surface area (Å²) in [6.45, 7) is 2.15. The highest BCUT2D eigenvalue weighted by Gasteiger charge is 2.32. The Balaban J connectivity index is 1.45. The minimum atomic E-state index is 0.0285. The normalized spacial score (nSPS) is 18.0. The number of likely N-dealkylation sites (N-methyl/N-ethyl adjacent to an activating group) is 1. The van der Waals surface area contributed by atoms with Gasteiger partial charge in [-0.3, -0.25) is 9.69 Å². The number of carbonyl (C=O) groups excluding carboxylic acids is 1. The van der Waals surface area contributed by atoms with Crippen molar-refractivity contribution in [3.05, 3.63) is 63.2 Å². The Labute approximate surface area is 170 Å². The highest BCUT2D eigenvalue weighted by molar-refractivity contribution is 7.08. The standard InChI is InChI=1S/C20H19N5OS2/c1-23-6-7-24(20(26)16-5-9-28-13-16)11-18(23)19-17-3-2-14(10-25(17)22-21-19)15-4-8-27-12-15/h2-5,8-10,12-13,18H,6-7,11H2,1H3. The molecule has 1 fully saturated rings. The first kappa shape index (κ1) is 17.5. The van der Waals surface area contributed by atoms with Crippen LogP contribution in [0.25, 0.3) is 16.6 Å². The van der Waals surface area contributed by atoms with Gasteiger partial charge in [0.1, 0.15) is 5.69 Å². The summed E-state index contributed by atoms with van der Waals surface area (Å²) in [4.78, 5) is 17.0. The van der Waals surface area contributed by atoms with Gasteiger partial charge in [-0.15, -0.1) is 5.10 Å². The third-order valence-electron chi connectivity index (χ3n) is 5.31. The van der Waals surface area contributed by atoms with Crippen LogP contribution in [0, 0.1) is 0 Å². The number of carbonyl (C=O) groups is 1. The first-order valence-electron chi connectivity index (χ1n) is 9.10. The lowest BCUT2D eigenvalue weighted by molar-refractivity contribution is 0.0542. The molecule has 0 aromatic carbocycles. The highest BCUT2D eigenvalue weighted by atomic mass is 32.1. The topological polar surface area (TPSA) is 53.7 Å². The van der Waals surface area contributed by atoms with Crippen LogP contribution in [-0.2, 0) is 0 Å². The van der Waals surface area contributed by atoms with Crippen LogP contribution in [0.4, 0.5) is 0 Å². The van der Waals surface area contributed by atoms with E-state index in [1.54, 1.807) is 22.7 Å². The van der Waals surface area contributed by atoms with Gasteiger partial charge in [-0.25, -0.2) is 4.52 Å². The van der Waals surface area contributed by atoms with Gasteiger partial charge < -0.3 is 4.90 Å². The van der Waals surface area contributed by atoms with E-state index >= 15 is 0 Å². The molecule has 0 bridgehead atoms. The number of aromatic nitrogens is 3. The van der Waals surface area contributed by atoms with Crippen LogP contribution in [0.5, 0.6) is 0 Å². The smallest absolute Gasteiger partial charge is 0.254 e. The Morgan fingerprint density at radius 3 is 2.71 bits per heavy atom. The lowest BCUT2D eigenvalue weighted by atomic mass is 10.1. The van der Waals surface area contributed by atoms with Crippen LogP contribution in [0.1, 0.15) is 22.1 Å². The number of nitrogens with zero attached hydrogens (tertiary/aromatic N) is 5. The van der Waals surface area contributed by atoms with E-state index in [0.717, 1.165) is 35.4 Å². The summed E-state index contributed by atoms with van der Waals surface area (Å²) in [6, 6.07) is 8.21. The molecule has 0 saturated carbocycles. The monoisotopic (exact) mass is 409 g/mol. The van der Waals surface area contributed by atoms with Gasteiger partial charge in [0.05, 0.1) is 17.1 Å². The molecule has 28 heavy (non-hydrogen) atoms. The fraction of sp³-hybridized carbons (Fsp3) is 0.250. The van der Waals surface area contributed by atoms with E-state index in [9.17, 15) is 4.79 Å². The number of pyridine rings is 1. The third-order valence-corrected chi connectivity index (χ3v) is 6.68. The maximum Gasteiger partial charge on any atom is 0.254 e. The number of piperazine rings is 1. The summed E-state index contributed by atoms with van der Waals surface area (Å²) in [5, 5.41) is 16.9. The molecule has 0 N–H and O–H groups in total. The second-order valence-electron chi connectivity index (χ2n) is 6.99. The molecule has 8 heteroatoms. The van der Waals surface area contributed by atoms with E-state index < -0.39 is 0 Å². The molecule has 1 saturated heterocycles. The zero-order valence-electron chi connectivity index (χ0n) is 15.4. The van der Waals surface area contributed by atoms with Crippen molar-refractivity contribution in [2.75, 3.05) is 26.7 Å². The third kappa shape index (κ3) is 3.03. The summed E-state index contributed by atoms with van der Waals surface area (Å²) < 4.78 is 1.84. The SMILES string of the molecule is CN1CCN(C(=O)c2ccsc2)CC1c1nnn2cc(-c3ccsc3)ccc12. The minimum Gasteiger partial charge on any atom is -0.335 e. The van der Waals surface area contributed by atoms with Crippen LogP contribution < -0.4 is 0 Å². The van der Waals surface area contributed by atoms with Crippen molar-refractivity contribution in [2.45, 2.75) is 6.04 Å². The summed E-state index contributed by atoms with van der Waals surface area (Å²) in [5.41, 5.74) is 4.98. The molecule has 6 nitrogen and oxygen atoms in total. The quantitative estimate of drug-likeness (QED) is 0.518. The van der Waals surface area contributed by atoms with Gasteiger partial charge in [0.2, 0.25) is 0 Å². The molecule has 142 valence electrons. The Kier molecular flexibility index (Phi) is 4.46. The van der Waals surface area contributed by atoms with Gasteiger partial charge in [0.15, 0.2) is 0 Å². The summed E-state index contributed by atoms with van der Waals surface area (Å²) in [7, 11) is 2.09. The number of thiophene rings is 2. The molecule has 1 aliphatic rings. The van der Waals surface area contributed by atoms with Crippen LogP contribution in [0.3, 0.4) is 0 Å². The van der Waals surface area contributed by atoms with Gasteiger partial charge in [0.25, 0.3) is 5.91 Å². The minimum absolute atomic E-state index is 0.0285. The van der Waals surface area contributed by atoms with E-state index in [1.165, 1.54) is 5.56 Å². The average Bonchev–Trinajstić information content (AvgIpc) is 3.48. The van der Waals surface area contributed by atoms with Crippen molar-refractivity contribution < 1.29 is 4.79 Å². The maximum absolute atomic E-state index is 12.8. The van der Waals surface area contributed by atoms with Crippen molar-refractivity contribution in [1.29, 1.82) is 0 Å². The second kappa shape index (κ2) is 7.12. The van der Waals surface area contributed by atoms with E-state index in [4.69, 9.17) is 0 Å². The van der Waals surface area contributed by atoms with Crippen molar-refractivity contribution in [3.8, 4) is 11.1 Å². The zero-order chi connectivity index (χ0) is 19.1. The molecule has 1 amide bonds. The van der Waals surface area contributed by atoms with Gasteiger partial charge in [0, 0.05) is 36.8 Å². The Morgan fingerprint density at radius 1 is 1.07 bits per heavy atom.